The monoisotopic (exact) mass is 256 g/mol. The Labute approximate surface area is 109 Å². The highest BCUT2D eigenvalue weighted by molar-refractivity contribution is 6.08. The van der Waals surface area contributed by atoms with Crippen LogP contribution in [0.5, 0.6) is 5.75 Å². The third-order valence-corrected chi connectivity index (χ3v) is 2.51. The van der Waals surface area contributed by atoms with E-state index in [1.165, 1.54) is 18.2 Å². The number of aromatic amines is 1. The first-order valence-corrected chi connectivity index (χ1v) is 5.63. The van der Waals surface area contributed by atoms with Gasteiger partial charge in [0.2, 0.25) is 0 Å². The first kappa shape index (κ1) is 12.8. The molecule has 0 saturated heterocycles. The summed E-state index contributed by atoms with van der Waals surface area (Å²) in [7, 11) is 0. The van der Waals surface area contributed by atoms with Crippen LogP contribution in [0.1, 0.15) is 21.6 Å². The number of nitrogens with one attached hydrogen (secondary N) is 1. The molecule has 0 aliphatic heterocycles. The van der Waals surface area contributed by atoms with E-state index >= 15 is 0 Å². The zero-order valence-electron chi connectivity index (χ0n) is 10.3. The number of aryl methyl sites for hydroxylation is 1. The number of aromatic hydroxyl groups is 1. The van der Waals surface area contributed by atoms with E-state index in [0.29, 0.717) is 5.69 Å². The quantitative estimate of drug-likeness (QED) is 0.646. The lowest BCUT2D eigenvalue weighted by molar-refractivity contribution is 0.104. The molecular formula is C14H12N2O3. The predicted octanol–water partition coefficient (Wildman–Crippen LogP) is 1.68. The molecule has 2 aromatic heterocycles. The summed E-state index contributed by atoms with van der Waals surface area (Å²) < 4.78 is 0. The number of allylic oxidation sites excluding steroid dienone is 1. The lowest BCUT2D eigenvalue weighted by Crippen LogP contribution is -2.17. The Hall–Kier alpha value is -2.69. The molecule has 0 aliphatic carbocycles. The molecule has 2 rings (SSSR count). The molecule has 2 aromatic rings. The molecule has 96 valence electrons. The van der Waals surface area contributed by atoms with Crippen molar-refractivity contribution in [3.8, 4) is 5.75 Å². The van der Waals surface area contributed by atoms with E-state index in [1.54, 1.807) is 31.5 Å². The molecule has 5 heteroatoms. The lowest BCUT2D eigenvalue weighted by atomic mass is 10.1. The van der Waals surface area contributed by atoms with E-state index in [9.17, 15) is 14.7 Å². The maximum atomic E-state index is 11.9. The number of H-pyrrole nitrogens is 1. The highest BCUT2D eigenvalue weighted by Gasteiger charge is 2.13. The smallest absolute Gasteiger partial charge is 0.263 e. The summed E-state index contributed by atoms with van der Waals surface area (Å²) in [6.45, 7) is 1.63. The topological polar surface area (TPSA) is 83.0 Å². The van der Waals surface area contributed by atoms with Crippen LogP contribution >= 0.6 is 0 Å². The van der Waals surface area contributed by atoms with Crippen molar-refractivity contribution in [3.63, 3.8) is 0 Å². The van der Waals surface area contributed by atoms with Crippen LogP contribution < -0.4 is 5.56 Å². The molecule has 0 aromatic carbocycles. The molecule has 19 heavy (non-hydrogen) atoms. The molecule has 0 aliphatic rings. The second kappa shape index (κ2) is 5.30. The van der Waals surface area contributed by atoms with Crippen molar-refractivity contribution in [2.75, 3.05) is 0 Å². The molecule has 0 bridgehead atoms. The average molecular weight is 256 g/mol. The van der Waals surface area contributed by atoms with Gasteiger partial charge in [-0.2, -0.15) is 0 Å². The Kier molecular flexibility index (Phi) is 3.56. The summed E-state index contributed by atoms with van der Waals surface area (Å²) in [4.78, 5) is 29.9. The van der Waals surface area contributed by atoms with Crippen LogP contribution in [0.15, 0.2) is 41.5 Å². The molecule has 0 unspecified atom stereocenters. The molecule has 0 spiro atoms. The van der Waals surface area contributed by atoms with Gasteiger partial charge < -0.3 is 10.1 Å². The standard InChI is InChI=1S/C14H12N2O3/c1-9-7-12(18)13(14(19)16-9)11(17)5-4-10-3-2-6-15-8-10/h2-8H,1H3,(H2,16,18,19)/b5-4+. The molecule has 0 saturated carbocycles. The zero-order chi connectivity index (χ0) is 13.8. The molecular weight excluding hydrogens is 244 g/mol. The van der Waals surface area contributed by atoms with Gasteiger partial charge in [0.1, 0.15) is 11.3 Å². The molecule has 5 nitrogen and oxygen atoms in total. The fraction of sp³-hybridized carbons (Fsp3) is 0.0714. The van der Waals surface area contributed by atoms with E-state index in [-0.39, 0.29) is 11.3 Å². The van der Waals surface area contributed by atoms with E-state index in [2.05, 4.69) is 9.97 Å². The van der Waals surface area contributed by atoms with Gasteiger partial charge in [0.25, 0.3) is 5.56 Å². The lowest BCUT2D eigenvalue weighted by Gasteiger charge is -2.01. The molecule has 0 amide bonds. The third-order valence-electron chi connectivity index (χ3n) is 2.51. The van der Waals surface area contributed by atoms with Gasteiger partial charge in [-0.25, -0.2) is 0 Å². The molecule has 0 fully saturated rings. The Balaban J connectivity index is 2.31. The number of aromatic nitrogens is 2. The Morgan fingerprint density at radius 3 is 2.89 bits per heavy atom. The highest BCUT2D eigenvalue weighted by atomic mass is 16.3. The second-order valence-corrected chi connectivity index (χ2v) is 4.03. The number of rotatable bonds is 3. The number of hydrogen-bond acceptors (Lipinski definition) is 4. The van der Waals surface area contributed by atoms with Crippen LogP contribution in [0.3, 0.4) is 0 Å². The fourth-order valence-electron chi connectivity index (χ4n) is 1.64. The Bertz CT molecular complexity index is 688. The maximum absolute atomic E-state index is 11.9. The summed E-state index contributed by atoms with van der Waals surface area (Å²) >= 11 is 0. The zero-order valence-corrected chi connectivity index (χ0v) is 10.3. The number of carbonyl (C=O) groups excluding carboxylic acids is 1. The number of nitrogens with zero attached hydrogens (tertiary/aromatic N) is 1. The Morgan fingerprint density at radius 1 is 1.47 bits per heavy atom. The van der Waals surface area contributed by atoms with E-state index in [4.69, 9.17) is 0 Å². The van der Waals surface area contributed by atoms with E-state index in [1.807, 2.05) is 0 Å². The number of ketones is 1. The molecule has 2 N–H and O–H groups in total. The van der Waals surface area contributed by atoms with Crippen molar-refractivity contribution in [1.82, 2.24) is 9.97 Å². The average Bonchev–Trinajstić information content (AvgIpc) is 2.36. The SMILES string of the molecule is Cc1cc(O)c(C(=O)/C=C/c2cccnc2)c(=O)[nH]1. The summed E-state index contributed by atoms with van der Waals surface area (Å²) in [6.07, 6.45) is 5.98. The van der Waals surface area contributed by atoms with Gasteiger partial charge in [0.15, 0.2) is 5.78 Å². The predicted molar refractivity (Wildman–Crippen MR) is 71.1 cm³/mol. The fourth-order valence-corrected chi connectivity index (χ4v) is 1.64. The summed E-state index contributed by atoms with van der Waals surface area (Å²) in [5.74, 6) is -0.871. The van der Waals surface area contributed by atoms with Gasteiger partial charge in [-0.05, 0) is 36.8 Å². The highest BCUT2D eigenvalue weighted by Crippen LogP contribution is 2.14. The maximum Gasteiger partial charge on any atom is 0.263 e. The van der Waals surface area contributed by atoms with Crippen molar-refractivity contribution in [2.45, 2.75) is 6.92 Å². The normalized spacial score (nSPS) is 10.8. The first-order chi connectivity index (χ1) is 9.08. The van der Waals surface area contributed by atoms with Crippen LogP contribution in [0.4, 0.5) is 0 Å². The number of carbonyl (C=O) groups is 1. The van der Waals surface area contributed by atoms with Crippen LogP contribution in [0.2, 0.25) is 0 Å². The van der Waals surface area contributed by atoms with Gasteiger partial charge in [0, 0.05) is 18.1 Å². The minimum Gasteiger partial charge on any atom is -0.507 e. The van der Waals surface area contributed by atoms with Crippen molar-refractivity contribution in [2.24, 2.45) is 0 Å². The van der Waals surface area contributed by atoms with Gasteiger partial charge >= 0.3 is 0 Å². The summed E-state index contributed by atoms with van der Waals surface area (Å²) in [5.41, 5.74) is 0.373. The third kappa shape index (κ3) is 2.95. The van der Waals surface area contributed by atoms with Crippen LogP contribution in [-0.2, 0) is 0 Å². The summed E-state index contributed by atoms with van der Waals surface area (Å²) in [6, 6.07) is 4.85. The summed E-state index contributed by atoms with van der Waals surface area (Å²) in [5, 5.41) is 9.65. The van der Waals surface area contributed by atoms with Crippen LogP contribution in [0, 0.1) is 6.92 Å². The largest absolute Gasteiger partial charge is 0.507 e. The van der Waals surface area contributed by atoms with Crippen molar-refractivity contribution >= 4 is 11.9 Å². The van der Waals surface area contributed by atoms with Crippen molar-refractivity contribution in [1.29, 1.82) is 0 Å². The second-order valence-electron chi connectivity index (χ2n) is 4.03. The number of hydrogen-bond donors (Lipinski definition) is 2. The van der Waals surface area contributed by atoms with Crippen LogP contribution in [-0.4, -0.2) is 20.9 Å². The van der Waals surface area contributed by atoms with E-state index in [0.717, 1.165) is 5.56 Å². The van der Waals surface area contributed by atoms with Gasteiger partial charge in [0.05, 0.1) is 0 Å². The van der Waals surface area contributed by atoms with Gasteiger partial charge in [-0.3, -0.25) is 14.6 Å². The van der Waals surface area contributed by atoms with Gasteiger partial charge in [-0.15, -0.1) is 0 Å². The number of pyridine rings is 2. The van der Waals surface area contributed by atoms with E-state index < -0.39 is 11.3 Å². The van der Waals surface area contributed by atoms with Crippen molar-refractivity contribution < 1.29 is 9.90 Å². The minimum absolute atomic E-state index is 0.259. The Morgan fingerprint density at radius 2 is 2.26 bits per heavy atom. The molecule has 2 heterocycles. The van der Waals surface area contributed by atoms with Gasteiger partial charge in [-0.1, -0.05) is 6.07 Å². The van der Waals surface area contributed by atoms with Crippen molar-refractivity contribution in [3.05, 3.63) is 63.8 Å². The minimum atomic E-state index is -0.599. The van der Waals surface area contributed by atoms with Crippen LogP contribution in [0.25, 0.3) is 6.08 Å². The molecule has 0 radical (unpaired) electrons. The molecule has 0 atom stereocenters. The first-order valence-electron chi connectivity index (χ1n) is 5.63.